The van der Waals surface area contributed by atoms with Crippen LogP contribution in [0.1, 0.15) is 26.7 Å². The zero-order valence-electron chi connectivity index (χ0n) is 7.30. The second kappa shape index (κ2) is 6.16. The Balaban J connectivity index is 3.28. The Bertz CT molecular complexity index is 111. The van der Waals surface area contributed by atoms with E-state index in [1.807, 2.05) is 0 Å². The molecule has 0 fully saturated rings. The molecule has 0 aromatic rings. The van der Waals surface area contributed by atoms with Crippen LogP contribution in [-0.2, 0) is 9.53 Å². The third kappa shape index (κ3) is 5.85. The van der Waals surface area contributed by atoms with Gasteiger partial charge in [-0.2, -0.15) is 0 Å². The molecule has 0 aliphatic heterocycles. The number of nitrogens with two attached hydrogens (primary N) is 1. The predicted octanol–water partition coefficient (Wildman–Crippen LogP) is 0.924. The Labute approximate surface area is 67.9 Å². The average Bonchev–Trinajstić information content (AvgIpc) is 1.98. The molecule has 0 amide bonds. The molecule has 0 aliphatic rings. The van der Waals surface area contributed by atoms with Crippen LogP contribution in [-0.4, -0.2) is 19.1 Å². The first-order chi connectivity index (χ1) is 5.20. The lowest BCUT2D eigenvalue weighted by atomic mass is 10.0. The fraction of sp³-hybridized carbons (Fsp3) is 0.875. The van der Waals surface area contributed by atoms with Crippen LogP contribution >= 0.6 is 0 Å². The van der Waals surface area contributed by atoms with E-state index in [1.54, 1.807) is 0 Å². The first kappa shape index (κ1) is 10.4. The molecule has 2 N–H and O–H groups in total. The van der Waals surface area contributed by atoms with E-state index in [4.69, 9.17) is 10.5 Å². The Kier molecular flexibility index (Phi) is 5.84. The van der Waals surface area contributed by atoms with Crippen LogP contribution in [0.15, 0.2) is 0 Å². The lowest BCUT2D eigenvalue weighted by Crippen LogP contribution is -2.16. The van der Waals surface area contributed by atoms with Gasteiger partial charge in [-0.3, -0.25) is 4.79 Å². The van der Waals surface area contributed by atoms with Crippen LogP contribution in [0.2, 0.25) is 0 Å². The molecule has 3 heteroatoms. The number of carbonyl (C=O) groups excluding carboxylic acids is 1. The topological polar surface area (TPSA) is 52.3 Å². The SMILES string of the molecule is CCC(CN)CCOC(C)=O. The summed E-state index contributed by atoms with van der Waals surface area (Å²) in [6, 6.07) is 0. The highest BCUT2D eigenvalue weighted by atomic mass is 16.5. The van der Waals surface area contributed by atoms with Gasteiger partial charge in [-0.15, -0.1) is 0 Å². The number of hydrogen-bond acceptors (Lipinski definition) is 3. The van der Waals surface area contributed by atoms with Crippen LogP contribution < -0.4 is 5.73 Å². The summed E-state index contributed by atoms with van der Waals surface area (Å²) < 4.78 is 4.78. The van der Waals surface area contributed by atoms with Crippen LogP contribution in [0.3, 0.4) is 0 Å². The Hall–Kier alpha value is -0.570. The summed E-state index contributed by atoms with van der Waals surface area (Å²) in [7, 11) is 0. The summed E-state index contributed by atoms with van der Waals surface area (Å²) >= 11 is 0. The van der Waals surface area contributed by atoms with E-state index >= 15 is 0 Å². The minimum Gasteiger partial charge on any atom is -0.466 e. The fourth-order valence-corrected chi connectivity index (χ4v) is 0.858. The van der Waals surface area contributed by atoms with Gasteiger partial charge >= 0.3 is 5.97 Å². The van der Waals surface area contributed by atoms with Gasteiger partial charge in [0.2, 0.25) is 0 Å². The van der Waals surface area contributed by atoms with Gasteiger partial charge in [0.25, 0.3) is 0 Å². The molecule has 0 spiro atoms. The van der Waals surface area contributed by atoms with Crippen molar-refractivity contribution in [3.63, 3.8) is 0 Å². The molecule has 0 rings (SSSR count). The Morgan fingerprint density at radius 1 is 1.64 bits per heavy atom. The van der Waals surface area contributed by atoms with Gasteiger partial charge in [-0.25, -0.2) is 0 Å². The van der Waals surface area contributed by atoms with Gasteiger partial charge < -0.3 is 10.5 Å². The average molecular weight is 159 g/mol. The van der Waals surface area contributed by atoms with E-state index in [0.29, 0.717) is 19.1 Å². The van der Waals surface area contributed by atoms with E-state index in [2.05, 4.69) is 6.92 Å². The lowest BCUT2D eigenvalue weighted by molar-refractivity contribution is -0.141. The highest BCUT2D eigenvalue weighted by Crippen LogP contribution is 2.05. The summed E-state index contributed by atoms with van der Waals surface area (Å²) in [5, 5.41) is 0. The second-order valence-electron chi connectivity index (χ2n) is 2.64. The molecule has 0 aliphatic carbocycles. The minimum atomic E-state index is -0.211. The molecule has 0 saturated heterocycles. The van der Waals surface area contributed by atoms with Gasteiger partial charge in [-0.05, 0) is 18.9 Å². The summed E-state index contributed by atoms with van der Waals surface area (Å²) in [6.07, 6.45) is 1.93. The zero-order chi connectivity index (χ0) is 8.69. The Morgan fingerprint density at radius 3 is 2.64 bits per heavy atom. The second-order valence-corrected chi connectivity index (χ2v) is 2.64. The molecular formula is C8H17NO2. The van der Waals surface area contributed by atoms with Crippen molar-refractivity contribution in [3.8, 4) is 0 Å². The quantitative estimate of drug-likeness (QED) is 0.607. The first-order valence-electron chi connectivity index (χ1n) is 4.04. The molecule has 1 unspecified atom stereocenters. The molecule has 0 aromatic carbocycles. The van der Waals surface area contributed by atoms with Crippen molar-refractivity contribution in [1.82, 2.24) is 0 Å². The van der Waals surface area contributed by atoms with Gasteiger partial charge in [0.05, 0.1) is 6.61 Å². The van der Waals surface area contributed by atoms with Crippen molar-refractivity contribution >= 4 is 5.97 Å². The standard InChI is InChI=1S/C8H17NO2/c1-3-8(6-9)4-5-11-7(2)10/h8H,3-6,9H2,1-2H3. The summed E-state index contributed by atoms with van der Waals surface area (Å²) in [5.41, 5.74) is 5.46. The van der Waals surface area contributed by atoms with Crippen molar-refractivity contribution in [2.75, 3.05) is 13.2 Å². The van der Waals surface area contributed by atoms with Crippen LogP contribution in [0, 0.1) is 5.92 Å². The molecule has 3 nitrogen and oxygen atoms in total. The number of esters is 1. The normalized spacial score (nSPS) is 12.6. The molecular weight excluding hydrogens is 142 g/mol. The van der Waals surface area contributed by atoms with Gasteiger partial charge in [0.1, 0.15) is 0 Å². The highest BCUT2D eigenvalue weighted by Gasteiger charge is 2.03. The third-order valence-electron chi connectivity index (χ3n) is 1.74. The van der Waals surface area contributed by atoms with E-state index in [0.717, 1.165) is 12.8 Å². The number of rotatable bonds is 5. The van der Waals surface area contributed by atoms with Crippen molar-refractivity contribution < 1.29 is 9.53 Å². The largest absolute Gasteiger partial charge is 0.466 e. The van der Waals surface area contributed by atoms with E-state index < -0.39 is 0 Å². The van der Waals surface area contributed by atoms with Crippen molar-refractivity contribution in [2.24, 2.45) is 11.7 Å². The summed E-state index contributed by atoms with van der Waals surface area (Å²) in [4.78, 5) is 10.3. The monoisotopic (exact) mass is 159 g/mol. The molecule has 1 atom stereocenters. The van der Waals surface area contributed by atoms with E-state index in [1.165, 1.54) is 6.92 Å². The molecule has 0 bridgehead atoms. The van der Waals surface area contributed by atoms with Gasteiger partial charge in [0.15, 0.2) is 0 Å². The molecule has 11 heavy (non-hydrogen) atoms. The van der Waals surface area contributed by atoms with Gasteiger partial charge in [0, 0.05) is 6.92 Å². The molecule has 0 saturated carbocycles. The lowest BCUT2D eigenvalue weighted by Gasteiger charge is -2.10. The summed E-state index contributed by atoms with van der Waals surface area (Å²) in [5.74, 6) is 0.284. The highest BCUT2D eigenvalue weighted by molar-refractivity contribution is 5.65. The molecule has 0 aromatic heterocycles. The molecule has 0 heterocycles. The molecule has 66 valence electrons. The fourth-order valence-electron chi connectivity index (χ4n) is 0.858. The maximum Gasteiger partial charge on any atom is 0.302 e. The van der Waals surface area contributed by atoms with Crippen molar-refractivity contribution in [2.45, 2.75) is 26.7 Å². The van der Waals surface area contributed by atoms with Crippen LogP contribution in [0.5, 0.6) is 0 Å². The number of carbonyl (C=O) groups is 1. The number of ether oxygens (including phenoxy) is 1. The maximum absolute atomic E-state index is 10.3. The van der Waals surface area contributed by atoms with Crippen molar-refractivity contribution in [3.05, 3.63) is 0 Å². The predicted molar refractivity (Wildman–Crippen MR) is 44.1 cm³/mol. The van der Waals surface area contributed by atoms with E-state index in [-0.39, 0.29) is 5.97 Å². The van der Waals surface area contributed by atoms with Crippen LogP contribution in [0.25, 0.3) is 0 Å². The van der Waals surface area contributed by atoms with Gasteiger partial charge in [-0.1, -0.05) is 13.3 Å². The third-order valence-corrected chi connectivity index (χ3v) is 1.74. The summed E-state index contributed by atoms with van der Waals surface area (Å²) in [6.45, 7) is 4.69. The number of hydrogen-bond donors (Lipinski definition) is 1. The van der Waals surface area contributed by atoms with E-state index in [9.17, 15) is 4.79 Å². The first-order valence-corrected chi connectivity index (χ1v) is 4.04. The zero-order valence-corrected chi connectivity index (χ0v) is 7.30. The smallest absolute Gasteiger partial charge is 0.302 e. The minimum absolute atomic E-state index is 0.211. The van der Waals surface area contributed by atoms with Crippen molar-refractivity contribution in [1.29, 1.82) is 0 Å². The maximum atomic E-state index is 10.3. The Morgan fingerprint density at radius 2 is 2.27 bits per heavy atom. The molecule has 0 radical (unpaired) electrons. The van der Waals surface area contributed by atoms with Crippen LogP contribution in [0.4, 0.5) is 0 Å².